The molecule has 1 aromatic carbocycles. The highest BCUT2D eigenvalue weighted by Crippen LogP contribution is 2.48. The molecule has 0 saturated carbocycles. The van der Waals surface area contributed by atoms with Crippen LogP contribution in [0.25, 0.3) is 5.57 Å². The maximum atomic E-state index is 14.1. The van der Waals surface area contributed by atoms with E-state index in [2.05, 4.69) is 15.0 Å². The van der Waals surface area contributed by atoms with Crippen LogP contribution in [0, 0.1) is 12.7 Å². The van der Waals surface area contributed by atoms with Gasteiger partial charge in [-0.15, -0.1) is 0 Å². The van der Waals surface area contributed by atoms with Gasteiger partial charge in [-0.25, -0.2) is 4.39 Å². The molecule has 170 valence electrons. The molecule has 0 aliphatic heterocycles. The van der Waals surface area contributed by atoms with Crippen LogP contribution in [0.3, 0.4) is 0 Å². The fourth-order valence-electron chi connectivity index (χ4n) is 3.66. The first kappa shape index (κ1) is 22.9. The molecule has 4 rings (SSSR count). The Labute approximate surface area is 192 Å². The number of hydrogen-bond acceptors (Lipinski definition) is 4. The Hall–Kier alpha value is -3.26. The number of nitrogens with two attached hydrogens (primary N) is 1. The van der Waals surface area contributed by atoms with Crippen molar-refractivity contribution in [3.63, 3.8) is 0 Å². The van der Waals surface area contributed by atoms with Crippen LogP contribution in [0.5, 0.6) is 0 Å². The maximum Gasteiger partial charge on any atom is 0.417 e. The molecule has 1 atom stereocenters. The Morgan fingerprint density at radius 1 is 1.12 bits per heavy atom. The van der Waals surface area contributed by atoms with Crippen LogP contribution in [0.2, 0.25) is 0 Å². The van der Waals surface area contributed by atoms with Crippen molar-refractivity contribution in [3.8, 4) is 0 Å². The molecule has 0 spiro atoms. The minimum absolute atomic E-state index is 0.0160. The fourth-order valence-corrected chi connectivity index (χ4v) is 3.87. The number of aryl methyl sites for hydroxylation is 3. The van der Waals surface area contributed by atoms with E-state index in [0.29, 0.717) is 18.7 Å². The van der Waals surface area contributed by atoms with Gasteiger partial charge in [-0.05, 0) is 48.6 Å². The van der Waals surface area contributed by atoms with E-state index in [1.54, 1.807) is 12.4 Å². The highest BCUT2D eigenvalue weighted by atomic mass is 35.5. The van der Waals surface area contributed by atoms with Crippen molar-refractivity contribution in [3.05, 3.63) is 99.0 Å². The van der Waals surface area contributed by atoms with Crippen molar-refractivity contribution in [2.75, 3.05) is 0 Å². The number of alkyl halides is 3. The zero-order valence-electron chi connectivity index (χ0n) is 17.5. The predicted molar refractivity (Wildman–Crippen MR) is 119 cm³/mol. The van der Waals surface area contributed by atoms with Gasteiger partial charge in [-0.3, -0.25) is 15.0 Å². The van der Waals surface area contributed by atoms with Crippen LogP contribution in [-0.2, 0) is 19.0 Å². The van der Waals surface area contributed by atoms with Crippen LogP contribution < -0.4 is 5.73 Å². The number of pyridine rings is 2. The van der Waals surface area contributed by atoms with E-state index < -0.39 is 17.6 Å². The number of hydrogen-bond donors (Lipinski definition) is 1. The third-order valence-corrected chi connectivity index (χ3v) is 5.64. The third kappa shape index (κ3) is 4.90. The molecule has 0 fully saturated rings. The van der Waals surface area contributed by atoms with E-state index >= 15 is 0 Å². The standard InChI is InChI=1S/C24H19ClF4N4/c1-13-2-3-15(10-31-13)11-33-22-18-8-14(4-6-17(18)21(22)23(25)30)5-7-20-19(26)9-16(12-32-20)24(27,28)29/h2-4,6,8-12,22H,5,7,30H2,1H3/b23-21-,33-11?. The second kappa shape index (κ2) is 8.94. The van der Waals surface area contributed by atoms with Gasteiger partial charge < -0.3 is 5.73 Å². The largest absolute Gasteiger partial charge is 0.417 e. The lowest BCUT2D eigenvalue weighted by atomic mass is 9.77. The molecule has 0 saturated heterocycles. The van der Waals surface area contributed by atoms with E-state index in [9.17, 15) is 17.6 Å². The number of aliphatic imine (C=N–C) groups is 1. The summed E-state index contributed by atoms with van der Waals surface area (Å²) in [4.78, 5) is 12.5. The molecular weight excluding hydrogens is 456 g/mol. The number of nitrogens with zero attached hydrogens (tertiary/aromatic N) is 3. The summed E-state index contributed by atoms with van der Waals surface area (Å²) in [5.41, 5.74) is 9.87. The Kier molecular flexibility index (Phi) is 6.21. The van der Waals surface area contributed by atoms with Gasteiger partial charge in [-0.1, -0.05) is 35.9 Å². The fraction of sp³-hybridized carbons (Fsp3) is 0.208. The Bertz CT molecular complexity index is 1250. The molecule has 9 heteroatoms. The van der Waals surface area contributed by atoms with Crippen LogP contribution in [0.4, 0.5) is 17.6 Å². The Morgan fingerprint density at radius 2 is 1.91 bits per heavy atom. The summed E-state index contributed by atoms with van der Waals surface area (Å²) in [6, 6.07) is 9.56. The minimum atomic E-state index is -4.63. The van der Waals surface area contributed by atoms with Crippen LogP contribution in [0.1, 0.15) is 45.2 Å². The summed E-state index contributed by atoms with van der Waals surface area (Å²) in [6.07, 6.45) is -0.000879. The molecule has 0 bridgehead atoms. The van der Waals surface area contributed by atoms with Crippen LogP contribution in [-0.4, -0.2) is 16.2 Å². The zero-order valence-corrected chi connectivity index (χ0v) is 18.3. The summed E-state index contributed by atoms with van der Waals surface area (Å²) < 4.78 is 52.2. The molecule has 0 radical (unpaired) electrons. The molecule has 33 heavy (non-hydrogen) atoms. The second-order valence-electron chi connectivity index (χ2n) is 7.75. The lowest BCUT2D eigenvalue weighted by Crippen LogP contribution is -2.18. The van der Waals surface area contributed by atoms with E-state index in [1.807, 2.05) is 37.3 Å². The molecule has 1 aliphatic rings. The highest BCUT2D eigenvalue weighted by Gasteiger charge is 2.34. The SMILES string of the molecule is Cc1ccc(C=NC2/C(=C(\N)Cl)c3ccc(CCc4ncc(C(F)(F)F)cc4F)cc32)cn1. The Balaban J connectivity index is 1.53. The van der Waals surface area contributed by atoms with Gasteiger partial charge >= 0.3 is 6.18 Å². The number of benzene rings is 1. The summed E-state index contributed by atoms with van der Waals surface area (Å²) in [5, 5.41) is 0.162. The summed E-state index contributed by atoms with van der Waals surface area (Å²) in [5.74, 6) is -0.969. The number of aromatic nitrogens is 2. The van der Waals surface area contributed by atoms with Crippen LogP contribution in [0.15, 0.2) is 58.9 Å². The van der Waals surface area contributed by atoms with E-state index in [4.69, 9.17) is 17.3 Å². The predicted octanol–water partition coefficient (Wildman–Crippen LogP) is 5.77. The number of fused-ring (bicyclic) bond motifs is 1. The molecule has 3 aromatic rings. The molecular formula is C24H19ClF4N4. The summed E-state index contributed by atoms with van der Waals surface area (Å²) >= 11 is 6.09. The topological polar surface area (TPSA) is 64.2 Å². The van der Waals surface area contributed by atoms with Crippen molar-refractivity contribution in [1.29, 1.82) is 0 Å². The number of rotatable bonds is 5. The van der Waals surface area contributed by atoms with Gasteiger partial charge in [0.2, 0.25) is 0 Å². The van der Waals surface area contributed by atoms with E-state index in [0.717, 1.165) is 33.5 Å². The molecule has 1 aliphatic carbocycles. The smallest absolute Gasteiger partial charge is 0.389 e. The number of halogens is 5. The van der Waals surface area contributed by atoms with Gasteiger partial charge in [0.1, 0.15) is 17.0 Å². The maximum absolute atomic E-state index is 14.1. The van der Waals surface area contributed by atoms with Crippen molar-refractivity contribution < 1.29 is 17.6 Å². The molecule has 2 aromatic heterocycles. The first-order valence-electron chi connectivity index (χ1n) is 10.1. The lowest BCUT2D eigenvalue weighted by molar-refractivity contribution is -0.138. The average Bonchev–Trinajstić information content (AvgIpc) is 2.74. The monoisotopic (exact) mass is 474 g/mol. The quantitative estimate of drug-likeness (QED) is 0.290. The van der Waals surface area contributed by atoms with Crippen molar-refractivity contribution in [1.82, 2.24) is 9.97 Å². The van der Waals surface area contributed by atoms with Gasteiger partial charge in [-0.2, -0.15) is 13.2 Å². The molecule has 0 amide bonds. The normalized spacial score (nSPS) is 17.1. The third-order valence-electron chi connectivity index (χ3n) is 5.43. The zero-order chi connectivity index (χ0) is 23.8. The van der Waals surface area contributed by atoms with Crippen LogP contribution >= 0.6 is 11.6 Å². The van der Waals surface area contributed by atoms with Crippen molar-refractivity contribution in [2.45, 2.75) is 32.0 Å². The first-order valence-corrected chi connectivity index (χ1v) is 10.5. The average molecular weight is 475 g/mol. The molecule has 1 unspecified atom stereocenters. The minimum Gasteiger partial charge on any atom is -0.389 e. The highest BCUT2D eigenvalue weighted by molar-refractivity contribution is 6.32. The Morgan fingerprint density at radius 3 is 2.55 bits per heavy atom. The molecule has 2 N–H and O–H groups in total. The van der Waals surface area contributed by atoms with Gasteiger partial charge in [0.25, 0.3) is 0 Å². The van der Waals surface area contributed by atoms with Gasteiger partial charge in [0.05, 0.1) is 11.3 Å². The lowest BCUT2D eigenvalue weighted by Gasteiger charge is -2.31. The van der Waals surface area contributed by atoms with Crippen molar-refractivity contribution in [2.24, 2.45) is 10.7 Å². The first-order chi connectivity index (χ1) is 15.6. The van der Waals surface area contributed by atoms with Crippen molar-refractivity contribution >= 4 is 23.4 Å². The van der Waals surface area contributed by atoms with Gasteiger partial charge in [0, 0.05) is 35.4 Å². The summed E-state index contributed by atoms with van der Waals surface area (Å²) in [6.45, 7) is 1.89. The van der Waals surface area contributed by atoms with E-state index in [1.165, 1.54) is 0 Å². The molecule has 4 nitrogen and oxygen atoms in total. The summed E-state index contributed by atoms with van der Waals surface area (Å²) in [7, 11) is 0. The van der Waals surface area contributed by atoms with Gasteiger partial charge in [0.15, 0.2) is 0 Å². The van der Waals surface area contributed by atoms with E-state index in [-0.39, 0.29) is 23.3 Å². The second-order valence-corrected chi connectivity index (χ2v) is 8.15. The molecule has 2 heterocycles.